The van der Waals surface area contributed by atoms with Crippen molar-refractivity contribution in [2.75, 3.05) is 12.3 Å². The van der Waals surface area contributed by atoms with Gasteiger partial charge in [-0.25, -0.2) is 0 Å². The smallest absolute Gasteiger partial charge is 0.220 e. The molecule has 1 rings (SSSR count). The second-order valence-corrected chi connectivity index (χ2v) is 6.97. The van der Waals surface area contributed by atoms with Crippen LogP contribution in [0.25, 0.3) is 0 Å². The molecule has 0 unspecified atom stereocenters. The Kier molecular flexibility index (Phi) is 7.10. The molecule has 0 aromatic heterocycles. The Labute approximate surface area is 126 Å². The van der Waals surface area contributed by atoms with Gasteiger partial charge in [-0.2, -0.15) is 0 Å². The summed E-state index contributed by atoms with van der Waals surface area (Å²) in [6.07, 6.45) is 0.575. The van der Waals surface area contributed by atoms with E-state index in [1.54, 1.807) is 11.8 Å². The molecule has 2 N–H and O–H groups in total. The van der Waals surface area contributed by atoms with Gasteiger partial charge in [0.25, 0.3) is 0 Å². The summed E-state index contributed by atoms with van der Waals surface area (Å²) in [4.78, 5) is 12.6. The number of thioether (sulfide) groups is 1. The average molecular weight is 294 g/mol. The molecule has 112 valence electrons. The highest BCUT2D eigenvalue weighted by Crippen LogP contribution is 2.19. The minimum absolute atomic E-state index is 0.131. The van der Waals surface area contributed by atoms with E-state index in [2.05, 4.69) is 55.7 Å². The van der Waals surface area contributed by atoms with Crippen molar-refractivity contribution in [2.24, 2.45) is 0 Å². The molecule has 0 fully saturated rings. The standard InChI is InChI=1S/C16H26N2OS/c1-5-17-15(19)10-11-20-14-8-6-13(7-9-14)12-18-16(2,3)4/h6-9,18H,5,10-12H2,1-4H3,(H,17,19). The highest BCUT2D eigenvalue weighted by molar-refractivity contribution is 7.99. The largest absolute Gasteiger partial charge is 0.356 e. The SMILES string of the molecule is CCNC(=O)CCSc1ccc(CNC(C)(C)C)cc1. The molecule has 20 heavy (non-hydrogen) atoms. The van der Waals surface area contributed by atoms with E-state index in [1.807, 2.05) is 6.92 Å². The van der Waals surface area contributed by atoms with Crippen molar-refractivity contribution in [3.63, 3.8) is 0 Å². The molecule has 3 nitrogen and oxygen atoms in total. The zero-order valence-electron chi connectivity index (χ0n) is 13.0. The zero-order valence-corrected chi connectivity index (χ0v) is 13.8. The third-order valence-corrected chi connectivity index (χ3v) is 3.73. The van der Waals surface area contributed by atoms with E-state index in [0.717, 1.165) is 12.3 Å². The fourth-order valence-corrected chi connectivity index (χ4v) is 2.47. The van der Waals surface area contributed by atoms with E-state index in [4.69, 9.17) is 0 Å². The molecule has 1 aromatic rings. The molecular weight excluding hydrogens is 268 g/mol. The number of benzene rings is 1. The lowest BCUT2D eigenvalue weighted by Crippen LogP contribution is -2.35. The van der Waals surface area contributed by atoms with Crippen LogP contribution in [0.1, 0.15) is 39.7 Å². The van der Waals surface area contributed by atoms with E-state index >= 15 is 0 Å². The van der Waals surface area contributed by atoms with Gasteiger partial charge in [0.15, 0.2) is 0 Å². The van der Waals surface area contributed by atoms with E-state index in [1.165, 1.54) is 10.5 Å². The van der Waals surface area contributed by atoms with Gasteiger partial charge < -0.3 is 10.6 Å². The molecule has 0 aliphatic heterocycles. The van der Waals surface area contributed by atoms with Crippen molar-refractivity contribution in [1.82, 2.24) is 10.6 Å². The Morgan fingerprint density at radius 2 is 1.85 bits per heavy atom. The van der Waals surface area contributed by atoms with Crippen LogP contribution >= 0.6 is 11.8 Å². The van der Waals surface area contributed by atoms with Crippen molar-refractivity contribution in [1.29, 1.82) is 0 Å². The van der Waals surface area contributed by atoms with Crippen LogP contribution in [0.2, 0.25) is 0 Å². The summed E-state index contributed by atoms with van der Waals surface area (Å²) in [6, 6.07) is 8.55. The lowest BCUT2D eigenvalue weighted by Gasteiger charge is -2.20. The van der Waals surface area contributed by atoms with Crippen molar-refractivity contribution in [3.8, 4) is 0 Å². The molecule has 1 amide bonds. The number of hydrogen-bond acceptors (Lipinski definition) is 3. The van der Waals surface area contributed by atoms with Crippen molar-refractivity contribution in [2.45, 2.75) is 51.1 Å². The number of carbonyl (C=O) groups excluding carboxylic acids is 1. The summed E-state index contributed by atoms with van der Waals surface area (Å²) in [5.41, 5.74) is 1.42. The van der Waals surface area contributed by atoms with Gasteiger partial charge in [0.2, 0.25) is 5.91 Å². The lowest BCUT2D eigenvalue weighted by molar-refractivity contribution is -0.120. The summed E-state index contributed by atoms with van der Waals surface area (Å²) < 4.78 is 0. The van der Waals surface area contributed by atoms with Crippen molar-refractivity contribution in [3.05, 3.63) is 29.8 Å². The molecule has 0 heterocycles. The number of carbonyl (C=O) groups is 1. The van der Waals surface area contributed by atoms with Gasteiger partial charge in [-0.05, 0) is 45.4 Å². The van der Waals surface area contributed by atoms with Crippen LogP contribution < -0.4 is 10.6 Å². The van der Waals surface area contributed by atoms with Crippen LogP contribution in [0.4, 0.5) is 0 Å². The first-order valence-corrected chi connectivity index (χ1v) is 8.13. The van der Waals surface area contributed by atoms with Crippen LogP contribution in [0.3, 0.4) is 0 Å². The van der Waals surface area contributed by atoms with E-state index < -0.39 is 0 Å². The molecule has 0 saturated carbocycles. The first-order valence-electron chi connectivity index (χ1n) is 7.14. The van der Waals surface area contributed by atoms with Crippen LogP contribution in [-0.2, 0) is 11.3 Å². The Bertz CT molecular complexity index is 409. The van der Waals surface area contributed by atoms with Gasteiger partial charge in [0.1, 0.15) is 0 Å². The normalized spacial score (nSPS) is 11.4. The highest BCUT2D eigenvalue weighted by atomic mass is 32.2. The van der Waals surface area contributed by atoms with E-state index in [9.17, 15) is 4.79 Å². The van der Waals surface area contributed by atoms with Crippen LogP contribution in [0.5, 0.6) is 0 Å². The Morgan fingerprint density at radius 1 is 1.20 bits per heavy atom. The summed E-state index contributed by atoms with van der Waals surface area (Å²) in [6.45, 7) is 10.0. The Hall–Kier alpha value is -1.00. The first-order chi connectivity index (χ1) is 9.40. The molecule has 1 aromatic carbocycles. The number of nitrogens with one attached hydrogen (secondary N) is 2. The molecule has 4 heteroatoms. The van der Waals surface area contributed by atoms with Gasteiger partial charge in [-0.1, -0.05) is 12.1 Å². The fraction of sp³-hybridized carbons (Fsp3) is 0.562. The van der Waals surface area contributed by atoms with Crippen molar-refractivity contribution >= 4 is 17.7 Å². The Morgan fingerprint density at radius 3 is 2.40 bits per heavy atom. The molecular formula is C16H26N2OS. The molecule has 0 spiro atoms. The molecule has 0 aliphatic carbocycles. The maximum absolute atomic E-state index is 11.3. The van der Waals surface area contributed by atoms with Crippen LogP contribution in [0.15, 0.2) is 29.2 Å². The quantitative estimate of drug-likeness (QED) is 0.759. The second-order valence-electron chi connectivity index (χ2n) is 5.80. The minimum Gasteiger partial charge on any atom is -0.356 e. The zero-order chi connectivity index (χ0) is 15.0. The molecule has 0 aliphatic rings. The summed E-state index contributed by atoms with van der Waals surface area (Å²) >= 11 is 1.73. The van der Waals surface area contributed by atoms with Gasteiger partial charge >= 0.3 is 0 Å². The summed E-state index contributed by atoms with van der Waals surface area (Å²) in [5.74, 6) is 0.955. The predicted molar refractivity (Wildman–Crippen MR) is 87.1 cm³/mol. The third kappa shape index (κ3) is 7.56. The maximum atomic E-state index is 11.3. The summed E-state index contributed by atoms with van der Waals surface area (Å²) in [5, 5.41) is 6.28. The topological polar surface area (TPSA) is 41.1 Å². The molecule has 0 bridgehead atoms. The Balaban J connectivity index is 2.33. The number of amides is 1. The van der Waals surface area contributed by atoms with Crippen molar-refractivity contribution < 1.29 is 4.79 Å². The summed E-state index contributed by atoms with van der Waals surface area (Å²) in [7, 11) is 0. The number of rotatable bonds is 7. The third-order valence-electron chi connectivity index (χ3n) is 2.72. The second kappa shape index (κ2) is 8.32. The predicted octanol–water partition coefficient (Wildman–Crippen LogP) is 3.19. The first kappa shape index (κ1) is 17.1. The lowest BCUT2D eigenvalue weighted by atomic mass is 10.1. The minimum atomic E-state index is 0.131. The number of hydrogen-bond donors (Lipinski definition) is 2. The molecule has 0 radical (unpaired) electrons. The van der Waals surface area contributed by atoms with E-state index in [-0.39, 0.29) is 11.4 Å². The van der Waals surface area contributed by atoms with Gasteiger partial charge in [0, 0.05) is 35.7 Å². The highest BCUT2D eigenvalue weighted by Gasteiger charge is 2.08. The van der Waals surface area contributed by atoms with Crippen LogP contribution in [-0.4, -0.2) is 23.7 Å². The van der Waals surface area contributed by atoms with Crippen LogP contribution in [0, 0.1) is 0 Å². The fourth-order valence-electron chi connectivity index (χ4n) is 1.62. The van der Waals surface area contributed by atoms with E-state index in [0.29, 0.717) is 13.0 Å². The maximum Gasteiger partial charge on any atom is 0.220 e. The average Bonchev–Trinajstić information content (AvgIpc) is 2.37. The van der Waals surface area contributed by atoms with Gasteiger partial charge in [-0.15, -0.1) is 11.8 Å². The monoisotopic (exact) mass is 294 g/mol. The van der Waals surface area contributed by atoms with Gasteiger partial charge in [0.05, 0.1) is 0 Å². The van der Waals surface area contributed by atoms with Gasteiger partial charge in [-0.3, -0.25) is 4.79 Å². The molecule has 0 atom stereocenters. The molecule has 0 saturated heterocycles.